The van der Waals surface area contributed by atoms with Gasteiger partial charge < -0.3 is 20.3 Å². The lowest BCUT2D eigenvalue weighted by Gasteiger charge is -2.24. The van der Waals surface area contributed by atoms with Gasteiger partial charge in [0.15, 0.2) is 0 Å². The number of esters is 1. The van der Waals surface area contributed by atoms with Crippen molar-refractivity contribution in [1.82, 2.24) is 5.32 Å². The first kappa shape index (κ1) is 58.3. The van der Waals surface area contributed by atoms with Crippen LogP contribution in [0, 0.1) is 0 Å². The minimum atomic E-state index is -0.800. The third kappa shape index (κ3) is 43.7. The number of hydrogen-bond donors (Lipinski definition) is 3. The molecule has 6 heteroatoms. The molecule has 0 rings (SSSR count). The molecule has 61 heavy (non-hydrogen) atoms. The van der Waals surface area contributed by atoms with E-state index in [1.165, 1.54) is 77.0 Å². The van der Waals surface area contributed by atoms with Gasteiger partial charge in [-0.3, -0.25) is 9.59 Å². The summed E-state index contributed by atoms with van der Waals surface area (Å²) in [5.41, 5.74) is 0. The van der Waals surface area contributed by atoms with Crippen LogP contribution in [0.2, 0.25) is 0 Å². The van der Waals surface area contributed by atoms with E-state index in [-0.39, 0.29) is 24.9 Å². The minimum Gasteiger partial charge on any atom is -0.462 e. The quantitative estimate of drug-likeness (QED) is 0.0245. The predicted octanol–water partition coefficient (Wildman–Crippen LogP) is 15.4. The number of hydrogen-bond acceptors (Lipinski definition) is 5. The summed E-state index contributed by atoms with van der Waals surface area (Å²) < 4.78 is 5.91. The first-order valence-corrected chi connectivity index (χ1v) is 25.7. The van der Waals surface area contributed by atoms with Gasteiger partial charge in [0, 0.05) is 6.42 Å². The molecule has 0 saturated carbocycles. The van der Waals surface area contributed by atoms with Crippen LogP contribution in [-0.2, 0) is 14.3 Å². The summed E-state index contributed by atoms with van der Waals surface area (Å²) in [6.07, 6.45) is 61.0. The van der Waals surface area contributed by atoms with Crippen LogP contribution in [0.15, 0.2) is 72.9 Å². The zero-order chi connectivity index (χ0) is 44.5. The van der Waals surface area contributed by atoms with Crippen molar-refractivity contribution in [3.05, 3.63) is 72.9 Å². The van der Waals surface area contributed by atoms with E-state index in [0.717, 1.165) is 116 Å². The Morgan fingerprint density at radius 1 is 0.508 bits per heavy atom. The number of unbranched alkanes of at least 4 members (excludes halogenated alkanes) is 23. The van der Waals surface area contributed by atoms with Crippen LogP contribution in [-0.4, -0.2) is 46.9 Å². The summed E-state index contributed by atoms with van der Waals surface area (Å²) in [5, 5.41) is 23.8. The Kier molecular flexibility index (Phi) is 46.2. The van der Waals surface area contributed by atoms with E-state index in [4.69, 9.17) is 4.74 Å². The van der Waals surface area contributed by atoms with Crippen LogP contribution in [0.25, 0.3) is 0 Å². The normalized spacial score (nSPS) is 13.9. The Bertz CT molecular complexity index is 1140. The topological polar surface area (TPSA) is 95.9 Å². The second kappa shape index (κ2) is 48.3. The van der Waals surface area contributed by atoms with Gasteiger partial charge in [-0.1, -0.05) is 222 Å². The van der Waals surface area contributed by atoms with Gasteiger partial charge in [-0.25, -0.2) is 0 Å². The Morgan fingerprint density at radius 3 is 1.52 bits per heavy atom. The number of amides is 1. The standard InChI is InChI=1S/C55H97NO5/c1-4-7-10-13-16-19-22-25-27-30-32-35-38-41-44-47-53(58)52(50-57)56-54(59)49-51(46-43-40-37-34-31-29-26-23-20-17-14-11-8-5-2)61-55(60)48-45-42-39-36-33-28-24-21-18-15-12-9-6-3/h8-9,11-12,15,17-18,20-21,24,26,29,51-53,57-58H,4-7,10,13-14,16,19,22-23,25,27-28,30-50H2,1-3H3,(H,56,59)/b11-8+,12-9+,18-15+,20-17+,24-21-,29-26+. The Morgan fingerprint density at radius 2 is 0.967 bits per heavy atom. The molecule has 0 aliphatic rings. The molecule has 1 amide bonds. The molecule has 0 aliphatic carbocycles. The largest absolute Gasteiger partial charge is 0.462 e. The van der Waals surface area contributed by atoms with Crippen molar-refractivity contribution in [1.29, 1.82) is 0 Å². The van der Waals surface area contributed by atoms with E-state index in [2.05, 4.69) is 99.0 Å². The first-order valence-electron chi connectivity index (χ1n) is 25.7. The summed E-state index contributed by atoms with van der Waals surface area (Å²) >= 11 is 0. The van der Waals surface area contributed by atoms with Crippen LogP contribution in [0.1, 0.15) is 239 Å². The third-order valence-electron chi connectivity index (χ3n) is 11.3. The van der Waals surface area contributed by atoms with Crippen molar-refractivity contribution >= 4 is 11.9 Å². The van der Waals surface area contributed by atoms with Crippen LogP contribution in [0.5, 0.6) is 0 Å². The van der Waals surface area contributed by atoms with Crippen LogP contribution in [0.3, 0.4) is 0 Å². The van der Waals surface area contributed by atoms with Crippen molar-refractivity contribution in [2.45, 2.75) is 257 Å². The van der Waals surface area contributed by atoms with Crippen molar-refractivity contribution in [3.8, 4) is 0 Å². The van der Waals surface area contributed by atoms with Gasteiger partial charge >= 0.3 is 5.97 Å². The van der Waals surface area contributed by atoms with Gasteiger partial charge in [0.2, 0.25) is 5.91 Å². The van der Waals surface area contributed by atoms with E-state index in [0.29, 0.717) is 19.3 Å². The monoisotopic (exact) mass is 852 g/mol. The highest BCUT2D eigenvalue weighted by molar-refractivity contribution is 5.77. The molecule has 3 atom stereocenters. The summed E-state index contributed by atoms with van der Waals surface area (Å²) in [4.78, 5) is 26.1. The fraction of sp³-hybridized carbons (Fsp3) is 0.745. The van der Waals surface area contributed by atoms with E-state index < -0.39 is 18.2 Å². The number of carbonyl (C=O) groups excluding carboxylic acids is 2. The Hall–Kier alpha value is -2.70. The molecule has 0 aliphatic heterocycles. The number of rotatable bonds is 45. The molecule has 0 bridgehead atoms. The molecule has 0 aromatic heterocycles. The second-order valence-electron chi connectivity index (χ2n) is 17.2. The molecule has 3 unspecified atom stereocenters. The second-order valence-corrected chi connectivity index (χ2v) is 17.2. The molecule has 0 saturated heterocycles. The fourth-order valence-corrected chi connectivity index (χ4v) is 7.50. The lowest BCUT2D eigenvalue weighted by atomic mass is 10.0. The van der Waals surface area contributed by atoms with Gasteiger partial charge in [-0.2, -0.15) is 0 Å². The van der Waals surface area contributed by atoms with Gasteiger partial charge in [-0.05, 0) is 77.0 Å². The highest BCUT2D eigenvalue weighted by Gasteiger charge is 2.24. The highest BCUT2D eigenvalue weighted by atomic mass is 16.5. The summed E-state index contributed by atoms with van der Waals surface area (Å²) in [5.74, 6) is -0.521. The molecule has 0 fully saturated rings. The van der Waals surface area contributed by atoms with Gasteiger partial charge in [-0.15, -0.1) is 0 Å². The van der Waals surface area contributed by atoms with Crippen molar-refractivity contribution in [2.75, 3.05) is 6.61 Å². The molecular weight excluding hydrogens is 755 g/mol. The van der Waals surface area contributed by atoms with E-state index in [9.17, 15) is 19.8 Å². The summed E-state index contributed by atoms with van der Waals surface area (Å²) in [6.45, 7) is 6.23. The fourth-order valence-electron chi connectivity index (χ4n) is 7.50. The average Bonchev–Trinajstić information content (AvgIpc) is 3.25. The molecule has 6 nitrogen and oxygen atoms in total. The van der Waals surface area contributed by atoms with Crippen LogP contribution >= 0.6 is 0 Å². The highest BCUT2D eigenvalue weighted by Crippen LogP contribution is 2.17. The molecular formula is C55H97NO5. The number of aliphatic hydroxyl groups excluding tert-OH is 2. The Labute approximate surface area is 377 Å². The molecule has 352 valence electrons. The SMILES string of the molecule is CC/C=C/C=C/C=C\CCCCCCCC(=O)OC(CCCCCC/C=C/C/C=C/C/C=C/CC)CC(=O)NC(CO)C(O)CCCCCCCCCCCCCCCCC. The molecule has 0 heterocycles. The maximum atomic E-state index is 13.2. The molecule has 0 radical (unpaired) electrons. The van der Waals surface area contributed by atoms with Crippen molar-refractivity contribution < 1.29 is 24.5 Å². The van der Waals surface area contributed by atoms with Crippen molar-refractivity contribution in [3.63, 3.8) is 0 Å². The van der Waals surface area contributed by atoms with E-state index in [1.807, 2.05) is 0 Å². The van der Waals surface area contributed by atoms with Crippen LogP contribution < -0.4 is 5.32 Å². The zero-order valence-corrected chi connectivity index (χ0v) is 40.0. The summed E-state index contributed by atoms with van der Waals surface area (Å²) in [7, 11) is 0. The predicted molar refractivity (Wildman–Crippen MR) is 264 cm³/mol. The number of allylic oxidation sites excluding steroid dienone is 12. The smallest absolute Gasteiger partial charge is 0.306 e. The lowest BCUT2D eigenvalue weighted by Crippen LogP contribution is -2.46. The van der Waals surface area contributed by atoms with Crippen LogP contribution in [0.4, 0.5) is 0 Å². The number of nitrogens with one attached hydrogen (secondary N) is 1. The van der Waals surface area contributed by atoms with Gasteiger partial charge in [0.1, 0.15) is 6.10 Å². The molecule has 0 aromatic carbocycles. The minimum absolute atomic E-state index is 0.0516. The van der Waals surface area contributed by atoms with Gasteiger partial charge in [0.05, 0.1) is 25.2 Å². The number of ether oxygens (including phenoxy) is 1. The van der Waals surface area contributed by atoms with E-state index in [1.54, 1.807) is 0 Å². The Balaban J connectivity index is 4.62. The number of aliphatic hydroxyl groups is 2. The maximum Gasteiger partial charge on any atom is 0.306 e. The average molecular weight is 852 g/mol. The van der Waals surface area contributed by atoms with Crippen molar-refractivity contribution in [2.24, 2.45) is 0 Å². The molecule has 0 spiro atoms. The first-order chi connectivity index (χ1) is 30.0. The molecule has 0 aromatic rings. The maximum absolute atomic E-state index is 13.2. The van der Waals surface area contributed by atoms with Gasteiger partial charge in [0.25, 0.3) is 0 Å². The zero-order valence-electron chi connectivity index (χ0n) is 40.0. The summed E-state index contributed by atoms with van der Waals surface area (Å²) in [6, 6.07) is -0.716. The molecule has 3 N–H and O–H groups in total. The lowest BCUT2D eigenvalue weighted by molar-refractivity contribution is -0.151. The van der Waals surface area contributed by atoms with E-state index >= 15 is 0 Å². The number of carbonyl (C=O) groups is 2. The third-order valence-corrected chi connectivity index (χ3v) is 11.3.